The van der Waals surface area contributed by atoms with Crippen molar-refractivity contribution in [3.63, 3.8) is 0 Å². The van der Waals surface area contributed by atoms with Crippen molar-refractivity contribution in [1.82, 2.24) is 10.2 Å². The van der Waals surface area contributed by atoms with Crippen LogP contribution < -0.4 is 10.6 Å². The predicted octanol–water partition coefficient (Wildman–Crippen LogP) is 4.53. The minimum atomic E-state index is -0.176. The third kappa shape index (κ3) is 5.48. The molecule has 2 aromatic carbocycles. The molecular formula is C24H27N3O2S. The first kappa shape index (κ1) is 20.6. The molecule has 156 valence electrons. The molecular weight excluding hydrogens is 394 g/mol. The first-order valence-corrected chi connectivity index (χ1v) is 11.2. The fraction of sp³-hybridized carbons (Fsp3) is 0.292. The Kier molecular flexibility index (Phi) is 7.13. The zero-order valence-corrected chi connectivity index (χ0v) is 17.7. The number of ether oxygens (including phenoxy) is 1. The number of nitrogens with zero attached hydrogens (tertiary/aromatic N) is 1. The fourth-order valence-electron chi connectivity index (χ4n) is 3.75. The van der Waals surface area contributed by atoms with Gasteiger partial charge < -0.3 is 15.4 Å². The maximum Gasteiger partial charge on any atom is 0.319 e. The van der Waals surface area contributed by atoms with Crippen molar-refractivity contribution in [2.75, 3.05) is 38.2 Å². The molecule has 1 fully saturated rings. The second-order valence-electron chi connectivity index (χ2n) is 7.33. The lowest BCUT2D eigenvalue weighted by Crippen LogP contribution is -2.44. The van der Waals surface area contributed by atoms with Gasteiger partial charge in [0, 0.05) is 30.2 Å². The van der Waals surface area contributed by atoms with Gasteiger partial charge in [0.2, 0.25) is 0 Å². The van der Waals surface area contributed by atoms with E-state index in [2.05, 4.69) is 51.2 Å². The molecule has 1 atom stereocenters. The van der Waals surface area contributed by atoms with Gasteiger partial charge >= 0.3 is 6.03 Å². The largest absolute Gasteiger partial charge is 0.379 e. The number of carbonyl (C=O) groups is 1. The Hall–Kier alpha value is -2.67. The molecule has 30 heavy (non-hydrogen) atoms. The summed E-state index contributed by atoms with van der Waals surface area (Å²) in [5.41, 5.74) is 3.16. The Balaban J connectivity index is 1.39. The molecule has 0 unspecified atom stereocenters. The van der Waals surface area contributed by atoms with Crippen molar-refractivity contribution in [1.29, 1.82) is 0 Å². The van der Waals surface area contributed by atoms with Crippen LogP contribution in [0.15, 0.2) is 72.1 Å². The van der Waals surface area contributed by atoms with Crippen LogP contribution in [-0.2, 0) is 11.2 Å². The summed E-state index contributed by atoms with van der Waals surface area (Å²) in [4.78, 5) is 16.4. The van der Waals surface area contributed by atoms with E-state index >= 15 is 0 Å². The topological polar surface area (TPSA) is 53.6 Å². The van der Waals surface area contributed by atoms with Crippen molar-refractivity contribution in [3.05, 3.63) is 88.1 Å². The number of urea groups is 1. The summed E-state index contributed by atoms with van der Waals surface area (Å²) in [6.07, 6.45) is 0.781. The van der Waals surface area contributed by atoms with E-state index in [0.29, 0.717) is 6.54 Å². The molecule has 1 aliphatic heterocycles. The molecule has 0 bridgehead atoms. The Labute approximate surface area is 181 Å². The maximum atomic E-state index is 12.7. The van der Waals surface area contributed by atoms with Gasteiger partial charge in [-0.1, -0.05) is 54.6 Å². The van der Waals surface area contributed by atoms with Crippen LogP contribution in [-0.4, -0.2) is 43.8 Å². The summed E-state index contributed by atoms with van der Waals surface area (Å²) in [7, 11) is 0. The van der Waals surface area contributed by atoms with Gasteiger partial charge in [0.15, 0.2) is 0 Å². The molecule has 0 aliphatic carbocycles. The number of hydrogen-bond donors (Lipinski definition) is 2. The molecule has 1 aromatic heterocycles. The number of carbonyl (C=O) groups excluding carboxylic acids is 1. The van der Waals surface area contributed by atoms with E-state index in [-0.39, 0.29) is 12.1 Å². The summed E-state index contributed by atoms with van der Waals surface area (Å²) < 4.78 is 5.50. The molecule has 5 nitrogen and oxygen atoms in total. The van der Waals surface area contributed by atoms with Gasteiger partial charge in [-0.15, -0.1) is 11.3 Å². The number of para-hydroxylation sites is 1. The monoisotopic (exact) mass is 421 g/mol. The van der Waals surface area contributed by atoms with Crippen LogP contribution in [0.4, 0.5) is 10.5 Å². The van der Waals surface area contributed by atoms with E-state index in [4.69, 9.17) is 4.74 Å². The van der Waals surface area contributed by atoms with E-state index in [0.717, 1.165) is 44.0 Å². The lowest BCUT2D eigenvalue weighted by atomic mass is 10.0. The Morgan fingerprint density at radius 3 is 2.53 bits per heavy atom. The Morgan fingerprint density at radius 2 is 1.77 bits per heavy atom. The molecule has 1 saturated heterocycles. The van der Waals surface area contributed by atoms with Crippen molar-refractivity contribution in [2.24, 2.45) is 0 Å². The highest BCUT2D eigenvalue weighted by atomic mass is 32.1. The summed E-state index contributed by atoms with van der Waals surface area (Å²) in [6, 6.07) is 22.5. The number of anilines is 1. The number of amides is 2. The van der Waals surface area contributed by atoms with Crippen LogP contribution in [0.5, 0.6) is 0 Å². The van der Waals surface area contributed by atoms with E-state index < -0.39 is 0 Å². The first-order valence-electron chi connectivity index (χ1n) is 10.3. The number of hydrogen-bond acceptors (Lipinski definition) is 4. The number of benzene rings is 2. The SMILES string of the molecule is O=C(NC[C@@H](c1cccs1)N1CCOCC1)Nc1ccccc1Cc1ccccc1. The van der Waals surface area contributed by atoms with Gasteiger partial charge in [0.25, 0.3) is 0 Å². The minimum Gasteiger partial charge on any atom is -0.379 e. The average molecular weight is 422 g/mol. The molecule has 1 aliphatic rings. The third-order valence-corrected chi connectivity index (χ3v) is 6.29. The Bertz CT molecular complexity index is 925. The summed E-state index contributed by atoms with van der Waals surface area (Å²) >= 11 is 1.73. The molecule has 6 heteroatoms. The van der Waals surface area contributed by atoms with Crippen LogP contribution in [0.3, 0.4) is 0 Å². The predicted molar refractivity (Wildman–Crippen MR) is 122 cm³/mol. The average Bonchev–Trinajstić information content (AvgIpc) is 3.31. The molecule has 4 rings (SSSR count). The number of thiophene rings is 1. The summed E-state index contributed by atoms with van der Waals surface area (Å²) in [5.74, 6) is 0. The van der Waals surface area contributed by atoms with E-state index in [1.54, 1.807) is 11.3 Å². The fourth-order valence-corrected chi connectivity index (χ4v) is 4.61. The summed E-state index contributed by atoms with van der Waals surface area (Å²) in [6.45, 7) is 3.80. The molecule has 3 aromatic rings. The third-order valence-electron chi connectivity index (χ3n) is 5.32. The van der Waals surface area contributed by atoms with Gasteiger partial charge in [-0.2, -0.15) is 0 Å². The number of rotatable bonds is 7. The highest BCUT2D eigenvalue weighted by molar-refractivity contribution is 7.10. The van der Waals surface area contributed by atoms with Gasteiger partial charge in [0.05, 0.1) is 19.3 Å². The van der Waals surface area contributed by atoms with Gasteiger partial charge in [-0.3, -0.25) is 4.90 Å². The standard InChI is InChI=1S/C24H27N3O2S/c28-24(25-18-22(23-11-6-16-30-23)27-12-14-29-15-13-27)26-21-10-5-4-9-20(21)17-19-7-2-1-3-8-19/h1-11,16,22H,12-15,17-18H2,(H2,25,26,28)/t22-/m0/s1. The number of morpholine rings is 1. The highest BCUT2D eigenvalue weighted by Gasteiger charge is 2.24. The molecule has 0 radical (unpaired) electrons. The quantitative estimate of drug-likeness (QED) is 0.589. The zero-order valence-electron chi connectivity index (χ0n) is 16.9. The van der Waals surface area contributed by atoms with Crippen molar-refractivity contribution in [3.8, 4) is 0 Å². The van der Waals surface area contributed by atoms with Crippen LogP contribution in [0.2, 0.25) is 0 Å². The normalized spacial score (nSPS) is 15.5. The Morgan fingerprint density at radius 1 is 1.00 bits per heavy atom. The van der Waals surface area contributed by atoms with Crippen LogP contribution in [0.25, 0.3) is 0 Å². The number of nitrogens with one attached hydrogen (secondary N) is 2. The zero-order chi connectivity index (χ0) is 20.6. The molecule has 2 heterocycles. The van der Waals surface area contributed by atoms with Crippen LogP contribution in [0, 0.1) is 0 Å². The van der Waals surface area contributed by atoms with Crippen LogP contribution >= 0.6 is 11.3 Å². The lowest BCUT2D eigenvalue weighted by Gasteiger charge is -2.34. The molecule has 0 saturated carbocycles. The summed E-state index contributed by atoms with van der Waals surface area (Å²) in [5, 5.41) is 8.21. The minimum absolute atomic E-state index is 0.166. The molecule has 2 amide bonds. The maximum absolute atomic E-state index is 12.7. The van der Waals surface area contributed by atoms with E-state index in [1.807, 2.05) is 36.4 Å². The van der Waals surface area contributed by atoms with Crippen LogP contribution in [0.1, 0.15) is 22.0 Å². The molecule has 0 spiro atoms. The second kappa shape index (κ2) is 10.4. The highest BCUT2D eigenvalue weighted by Crippen LogP contribution is 2.25. The van der Waals surface area contributed by atoms with Gasteiger partial charge in [0.1, 0.15) is 0 Å². The van der Waals surface area contributed by atoms with Gasteiger partial charge in [-0.25, -0.2) is 4.79 Å². The van der Waals surface area contributed by atoms with Gasteiger partial charge in [-0.05, 0) is 35.1 Å². The second-order valence-corrected chi connectivity index (χ2v) is 8.31. The van der Waals surface area contributed by atoms with Crippen molar-refractivity contribution >= 4 is 23.1 Å². The van der Waals surface area contributed by atoms with Crippen molar-refractivity contribution < 1.29 is 9.53 Å². The first-order chi connectivity index (χ1) is 14.8. The van der Waals surface area contributed by atoms with E-state index in [9.17, 15) is 4.79 Å². The van der Waals surface area contributed by atoms with Crippen molar-refractivity contribution in [2.45, 2.75) is 12.5 Å². The molecule has 2 N–H and O–H groups in total. The van der Waals surface area contributed by atoms with E-state index in [1.165, 1.54) is 10.4 Å². The smallest absolute Gasteiger partial charge is 0.319 e. The lowest BCUT2D eigenvalue weighted by molar-refractivity contribution is 0.0175.